The second kappa shape index (κ2) is 4.70. The van der Waals surface area contributed by atoms with Crippen LogP contribution in [-0.4, -0.2) is 9.78 Å². The second-order valence-electron chi connectivity index (χ2n) is 4.60. The highest BCUT2D eigenvalue weighted by Gasteiger charge is 2.13. The lowest BCUT2D eigenvalue weighted by Crippen LogP contribution is -2.11. The van der Waals surface area contributed by atoms with E-state index in [0.717, 1.165) is 4.47 Å². The van der Waals surface area contributed by atoms with Crippen molar-refractivity contribution < 1.29 is 0 Å². The number of rotatable bonds is 2. The summed E-state index contributed by atoms with van der Waals surface area (Å²) in [4.78, 5) is 0. The minimum absolute atomic E-state index is 0.107. The standard InChI is InChI=1S/C15H14BrN3/c1-10(19-15(17)14(16)9-18-19)12-7-6-11-4-2-3-5-13(11)8-12/h2-10H,17H2,1H3. The van der Waals surface area contributed by atoms with E-state index in [1.165, 1.54) is 16.3 Å². The number of nitrogen functional groups attached to an aromatic ring is 1. The maximum atomic E-state index is 6.01. The van der Waals surface area contributed by atoms with Gasteiger partial charge in [0.2, 0.25) is 0 Å². The maximum absolute atomic E-state index is 6.01. The fraction of sp³-hybridized carbons (Fsp3) is 0.133. The van der Waals surface area contributed by atoms with Gasteiger partial charge in [-0.2, -0.15) is 5.10 Å². The van der Waals surface area contributed by atoms with E-state index < -0.39 is 0 Å². The first kappa shape index (κ1) is 12.2. The van der Waals surface area contributed by atoms with Gasteiger partial charge in [0.1, 0.15) is 5.82 Å². The van der Waals surface area contributed by atoms with Crippen LogP contribution in [0, 0.1) is 0 Å². The van der Waals surface area contributed by atoms with E-state index in [9.17, 15) is 0 Å². The van der Waals surface area contributed by atoms with Crippen molar-refractivity contribution in [2.45, 2.75) is 13.0 Å². The van der Waals surface area contributed by atoms with Crippen LogP contribution in [0.3, 0.4) is 0 Å². The number of nitrogens with zero attached hydrogens (tertiary/aromatic N) is 2. The van der Waals surface area contributed by atoms with E-state index in [1.807, 2.05) is 10.7 Å². The van der Waals surface area contributed by atoms with Gasteiger partial charge in [0.05, 0.1) is 16.7 Å². The smallest absolute Gasteiger partial charge is 0.136 e. The molecule has 0 spiro atoms. The molecule has 3 nitrogen and oxygen atoms in total. The Labute approximate surface area is 120 Å². The quantitative estimate of drug-likeness (QED) is 0.777. The van der Waals surface area contributed by atoms with Crippen LogP contribution >= 0.6 is 15.9 Å². The average Bonchev–Trinajstić information content (AvgIpc) is 2.78. The van der Waals surface area contributed by atoms with Crippen molar-refractivity contribution in [2.24, 2.45) is 0 Å². The van der Waals surface area contributed by atoms with Gasteiger partial charge in [-0.05, 0) is 45.3 Å². The molecule has 1 unspecified atom stereocenters. The molecule has 1 heterocycles. The van der Waals surface area contributed by atoms with Crippen LogP contribution in [0.25, 0.3) is 10.8 Å². The van der Waals surface area contributed by atoms with Gasteiger partial charge >= 0.3 is 0 Å². The molecule has 4 heteroatoms. The Hall–Kier alpha value is -1.81. The minimum Gasteiger partial charge on any atom is -0.383 e. The summed E-state index contributed by atoms with van der Waals surface area (Å²) in [6.45, 7) is 2.10. The number of anilines is 1. The molecule has 1 atom stereocenters. The Balaban J connectivity index is 2.06. The molecule has 0 radical (unpaired) electrons. The highest BCUT2D eigenvalue weighted by atomic mass is 79.9. The Bertz CT molecular complexity index is 733. The first-order valence-corrected chi connectivity index (χ1v) is 6.93. The van der Waals surface area contributed by atoms with Crippen LogP contribution in [-0.2, 0) is 0 Å². The summed E-state index contributed by atoms with van der Waals surface area (Å²) in [5, 5.41) is 6.79. The molecule has 2 N–H and O–H groups in total. The number of fused-ring (bicyclic) bond motifs is 1. The molecule has 0 aliphatic carbocycles. The first-order valence-electron chi connectivity index (χ1n) is 6.14. The van der Waals surface area contributed by atoms with Crippen molar-refractivity contribution in [2.75, 3.05) is 5.73 Å². The third kappa shape index (κ3) is 2.12. The summed E-state index contributed by atoms with van der Waals surface area (Å²) in [5.74, 6) is 0.653. The van der Waals surface area contributed by atoms with E-state index in [1.54, 1.807) is 6.20 Å². The van der Waals surface area contributed by atoms with Crippen molar-refractivity contribution in [3.05, 3.63) is 58.7 Å². The molecule has 19 heavy (non-hydrogen) atoms. The zero-order valence-electron chi connectivity index (χ0n) is 10.5. The van der Waals surface area contributed by atoms with Gasteiger partial charge < -0.3 is 5.73 Å². The SMILES string of the molecule is CC(c1ccc2ccccc2c1)n1ncc(Br)c1N. The van der Waals surface area contributed by atoms with Gasteiger partial charge in [-0.1, -0.05) is 36.4 Å². The topological polar surface area (TPSA) is 43.8 Å². The number of aromatic nitrogens is 2. The lowest BCUT2D eigenvalue weighted by molar-refractivity contribution is 0.573. The van der Waals surface area contributed by atoms with Gasteiger partial charge in [-0.3, -0.25) is 0 Å². The Kier molecular flexibility index (Phi) is 3.03. The van der Waals surface area contributed by atoms with Crippen molar-refractivity contribution in [3.63, 3.8) is 0 Å². The number of benzene rings is 2. The zero-order valence-corrected chi connectivity index (χ0v) is 12.1. The van der Waals surface area contributed by atoms with Crippen LogP contribution < -0.4 is 5.73 Å². The zero-order chi connectivity index (χ0) is 13.4. The largest absolute Gasteiger partial charge is 0.383 e. The van der Waals surface area contributed by atoms with Gasteiger partial charge in [0.15, 0.2) is 0 Å². The Morgan fingerprint density at radius 3 is 2.58 bits per heavy atom. The Morgan fingerprint density at radius 2 is 1.89 bits per heavy atom. The van der Waals surface area contributed by atoms with Crippen molar-refractivity contribution >= 4 is 32.5 Å². The summed E-state index contributed by atoms with van der Waals surface area (Å²) in [6.07, 6.45) is 1.73. The average molecular weight is 316 g/mol. The molecule has 0 saturated heterocycles. The molecule has 0 amide bonds. The van der Waals surface area contributed by atoms with Crippen molar-refractivity contribution in [1.82, 2.24) is 9.78 Å². The monoisotopic (exact) mass is 315 g/mol. The van der Waals surface area contributed by atoms with E-state index in [0.29, 0.717) is 5.82 Å². The van der Waals surface area contributed by atoms with Gasteiger partial charge in [-0.15, -0.1) is 0 Å². The van der Waals surface area contributed by atoms with Gasteiger partial charge in [0.25, 0.3) is 0 Å². The normalized spacial score (nSPS) is 12.7. The van der Waals surface area contributed by atoms with Crippen LogP contribution in [0.5, 0.6) is 0 Å². The first-order chi connectivity index (χ1) is 9.16. The molecule has 0 bridgehead atoms. The molecule has 0 fully saturated rings. The van der Waals surface area contributed by atoms with E-state index in [-0.39, 0.29) is 6.04 Å². The third-order valence-corrected chi connectivity index (χ3v) is 4.02. The fourth-order valence-electron chi connectivity index (χ4n) is 2.27. The number of hydrogen-bond acceptors (Lipinski definition) is 2. The van der Waals surface area contributed by atoms with Crippen LogP contribution in [0.15, 0.2) is 53.1 Å². The third-order valence-electron chi connectivity index (χ3n) is 3.41. The van der Waals surface area contributed by atoms with Crippen molar-refractivity contribution in [3.8, 4) is 0 Å². The second-order valence-corrected chi connectivity index (χ2v) is 5.46. The lowest BCUT2D eigenvalue weighted by atomic mass is 10.0. The summed E-state index contributed by atoms with van der Waals surface area (Å²) in [6, 6.07) is 14.9. The molecule has 96 valence electrons. The molecule has 3 aromatic rings. The summed E-state index contributed by atoms with van der Waals surface area (Å²) in [5.41, 5.74) is 7.20. The van der Waals surface area contributed by atoms with E-state index in [4.69, 9.17) is 5.73 Å². The Morgan fingerprint density at radius 1 is 1.16 bits per heavy atom. The van der Waals surface area contributed by atoms with E-state index >= 15 is 0 Å². The molecule has 0 aliphatic heterocycles. The summed E-state index contributed by atoms with van der Waals surface area (Å²) in [7, 11) is 0. The van der Waals surface area contributed by atoms with Gasteiger partial charge in [-0.25, -0.2) is 4.68 Å². The molecule has 3 rings (SSSR count). The number of nitrogens with two attached hydrogens (primary N) is 1. The molecule has 0 saturated carbocycles. The van der Waals surface area contributed by atoms with Crippen molar-refractivity contribution in [1.29, 1.82) is 0 Å². The summed E-state index contributed by atoms with van der Waals surface area (Å²) < 4.78 is 2.66. The highest BCUT2D eigenvalue weighted by Crippen LogP contribution is 2.27. The molecular formula is C15H14BrN3. The summed E-state index contributed by atoms with van der Waals surface area (Å²) >= 11 is 3.39. The highest BCUT2D eigenvalue weighted by molar-refractivity contribution is 9.10. The lowest BCUT2D eigenvalue weighted by Gasteiger charge is -2.15. The predicted molar refractivity (Wildman–Crippen MR) is 82.1 cm³/mol. The predicted octanol–water partition coefficient (Wildman–Crippen LogP) is 3.99. The molecule has 0 aliphatic rings. The van der Waals surface area contributed by atoms with Crippen LogP contribution in [0.2, 0.25) is 0 Å². The van der Waals surface area contributed by atoms with Gasteiger partial charge in [0, 0.05) is 0 Å². The number of hydrogen-bond donors (Lipinski definition) is 1. The van der Waals surface area contributed by atoms with Crippen LogP contribution in [0.1, 0.15) is 18.5 Å². The maximum Gasteiger partial charge on any atom is 0.136 e. The molecule has 1 aromatic heterocycles. The van der Waals surface area contributed by atoms with Crippen LogP contribution in [0.4, 0.5) is 5.82 Å². The van der Waals surface area contributed by atoms with E-state index in [2.05, 4.69) is 64.4 Å². The molecule has 2 aromatic carbocycles. The fourth-order valence-corrected chi connectivity index (χ4v) is 2.54. The number of halogens is 1. The minimum atomic E-state index is 0.107. The molecular weight excluding hydrogens is 302 g/mol.